The number of benzene rings is 3. The fourth-order valence-electron chi connectivity index (χ4n) is 3.73. The first-order valence-electron chi connectivity index (χ1n) is 11.0. The molecule has 1 amide bonds. The zero-order valence-corrected chi connectivity index (χ0v) is 19.2. The minimum atomic E-state index is -1.75. The molecule has 0 aliphatic rings. The second-order valence-corrected chi connectivity index (χ2v) is 8.44. The van der Waals surface area contributed by atoms with Crippen LogP contribution < -0.4 is 5.32 Å². The van der Waals surface area contributed by atoms with Gasteiger partial charge in [-0.15, -0.1) is 0 Å². The number of hydrogen-bond acceptors (Lipinski definition) is 4. The van der Waals surface area contributed by atoms with Gasteiger partial charge in [-0.1, -0.05) is 85.3 Å². The van der Waals surface area contributed by atoms with Gasteiger partial charge in [0.05, 0.1) is 11.9 Å². The maximum Gasteiger partial charge on any atom is 0.475 e. The van der Waals surface area contributed by atoms with Gasteiger partial charge < -0.3 is 15.4 Å². The Bertz CT molecular complexity index is 1070. The minimum absolute atomic E-state index is 0.0585. The largest absolute Gasteiger partial charge is 0.475 e. The molecule has 0 aliphatic carbocycles. The van der Waals surface area contributed by atoms with E-state index in [9.17, 15) is 19.6 Å². The Labute approximate surface area is 199 Å². The van der Waals surface area contributed by atoms with Crippen LogP contribution in [0.2, 0.25) is 5.02 Å². The standard InChI is InChI=1S/C26H27BClNO4/c1-2-18-7-6-8-19(15-18)16-25(27(32)33)29-26(31)23(20-11-13-22(28)14-12-20)17-24(30)21-9-4-3-5-10-21/h3-15,23,25,32-33H,2,16-17H2,1H3,(H,29,31)/t23-,25?/m0/s1. The Morgan fingerprint density at radius 2 is 1.61 bits per heavy atom. The molecule has 3 aromatic rings. The minimum Gasteiger partial charge on any atom is -0.426 e. The number of halogens is 1. The van der Waals surface area contributed by atoms with Crippen molar-refractivity contribution in [2.45, 2.75) is 38.0 Å². The first-order chi connectivity index (χ1) is 15.9. The summed E-state index contributed by atoms with van der Waals surface area (Å²) >= 11 is 6.00. The summed E-state index contributed by atoms with van der Waals surface area (Å²) in [5.41, 5.74) is 3.15. The molecular weight excluding hydrogens is 437 g/mol. The number of amides is 1. The molecule has 2 atom stereocenters. The molecular formula is C26H27BClNO4. The molecule has 3 rings (SSSR count). The third-order valence-corrected chi connectivity index (χ3v) is 5.87. The van der Waals surface area contributed by atoms with Crippen molar-refractivity contribution in [2.24, 2.45) is 0 Å². The monoisotopic (exact) mass is 463 g/mol. The first-order valence-corrected chi connectivity index (χ1v) is 11.3. The number of Topliss-reactive ketones (excluding diaryl/α,β-unsaturated/α-hetero) is 1. The van der Waals surface area contributed by atoms with E-state index >= 15 is 0 Å². The van der Waals surface area contributed by atoms with Crippen LogP contribution in [0.5, 0.6) is 0 Å². The van der Waals surface area contributed by atoms with Crippen LogP contribution in [0.3, 0.4) is 0 Å². The average molecular weight is 464 g/mol. The smallest absolute Gasteiger partial charge is 0.426 e. The van der Waals surface area contributed by atoms with E-state index in [4.69, 9.17) is 11.6 Å². The van der Waals surface area contributed by atoms with Gasteiger partial charge in [-0.3, -0.25) is 9.59 Å². The molecule has 3 aromatic carbocycles. The molecule has 0 radical (unpaired) electrons. The van der Waals surface area contributed by atoms with Crippen molar-refractivity contribution < 1.29 is 19.6 Å². The summed E-state index contributed by atoms with van der Waals surface area (Å²) in [7, 11) is -1.75. The number of nitrogens with one attached hydrogen (secondary N) is 1. The van der Waals surface area contributed by atoms with Gasteiger partial charge in [0.1, 0.15) is 0 Å². The fourth-order valence-corrected chi connectivity index (χ4v) is 3.86. The molecule has 0 aliphatic heterocycles. The van der Waals surface area contributed by atoms with Crippen molar-refractivity contribution in [1.82, 2.24) is 5.32 Å². The van der Waals surface area contributed by atoms with Gasteiger partial charge in [-0.2, -0.15) is 0 Å². The molecule has 1 unspecified atom stereocenters. The van der Waals surface area contributed by atoms with Crippen molar-refractivity contribution in [3.63, 3.8) is 0 Å². The van der Waals surface area contributed by atoms with Crippen LogP contribution in [0.1, 0.15) is 46.3 Å². The molecule has 170 valence electrons. The molecule has 0 saturated carbocycles. The molecule has 0 heterocycles. The van der Waals surface area contributed by atoms with E-state index in [0.717, 1.165) is 17.5 Å². The van der Waals surface area contributed by atoms with Crippen molar-refractivity contribution >= 4 is 30.4 Å². The van der Waals surface area contributed by atoms with Gasteiger partial charge in [0.2, 0.25) is 5.91 Å². The number of rotatable bonds is 10. The highest BCUT2D eigenvalue weighted by molar-refractivity contribution is 6.43. The maximum atomic E-state index is 13.3. The van der Waals surface area contributed by atoms with Crippen LogP contribution in [0.4, 0.5) is 0 Å². The molecule has 0 bridgehead atoms. The van der Waals surface area contributed by atoms with Crippen LogP contribution in [-0.4, -0.2) is 34.8 Å². The van der Waals surface area contributed by atoms with Gasteiger partial charge in [-0.25, -0.2) is 0 Å². The Morgan fingerprint density at radius 3 is 2.24 bits per heavy atom. The Kier molecular flexibility index (Phi) is 8.83. The molecule has 0 fully saturated rings. The number of carbonyl (C=O) groups excluding carboxylic acids is 2. The molecule has 3 N–H and O–H groups in total. The SMILES string of the molecule is CCc1cccc(CC(NC(=O)[C@@H](CC(=O)c2ccccc2)c2ccc(Cl)cc2)B(O)O)c1. The highest BCUT2D eigenvalue weighted by Crippen LogP contribution is 2.25. The summed E-state index contributed by atoms with van der Waals surface area (Å²) in [6, 6.07) is 23.3. The van der Waals surface area contributed by atoms with E-state index in [-0.39, 0.29) is 18.6 Å². The zero-order chi connectivity index (χ0) is 23.8. The average Bonchev–Trinajstić information content (AvgIpc) is 2.83. The maximum absolute atomic E-state index is 13.3. The second kappa shape index (κ2) is 11.8. The van der Waals surface area contributed by atoms with Crippen molar-refractivity contribution in [1.29, 1.82) is 0 Å². The highest BCUT2D eigenvalue weighted by atomic mass is 35.5. The fraction of sp³-hybridized carbons (Fsp3) is 0.231. The van der Waals surface area contributed by atoms with Gasteiger partial charge in [0.25, 0.3) is 0 Å². The topological polar surface area (TPSA) is 86.6 Å². The Balaban J connectivity index is 1.82. The Morgan fingerprint density at radius 1 is 0.939 bits per heavy atom. The molecule has 0 saturated heterocycles. The van der Waals surface area contributed by atoms with Crippen molar-refractivity contribution in [2.75, 3.05) is 0 Å². The molecule has 33 heavy (non-hydrogen) atoms. The van der Waals surface area contributed by atoms with E-state index in [0.29, 0.717) is 16.1 Å². The van der Waals surface area contributed by atoms with Gasteiger partial charge >= 0.3 is 7.12 Å². The van der Waals surface area contributed by atoms with Gasteiger partial charge in [0.15, 0.2) is 5.78 Å². The molecule has 0 spiro atoms. The summed E-state index contributed by atoms with van der Waals surface area (Å²) in [5, 5.41) is 23.2. The van der Waals surface area contributed by atoms with E-state index in [1.165, 1.54) is 0 Å². The van der Waals surface area contributed by atoms with E-state index < -0.39 is 24.9 Å². The zero-order valence-electron chi connectivity index (χ0n) is 18.4. The van der Waals surface area contributed by atoms with Crippen molar-refractivity contribution in [3.8, 4) is 0 Å². The number of hydrogen-bond donors (Lipinski definition) is 3. The van der Waals surface area contributed by atoms with Crippen LogP contribution in [0.15, 0.2) is 78.9 Å². The molecule has 0 aromatic heterocycles. The van der Waals surface area contributed by atoms with E-state index in [1.807, 2.05) is 37.3 Å². The van der Waals surface area contributed by atoms with Crippen LogP contribution in [0, 0.1) is 0 Å². The number of ketones is 1. The Hall–Kier alpha value is -2.93. The third kappa shape index (κ3) is 7.03. The third-order valence-electron chi connectivity index (χ3n) is 5.62. The summed E-state index contributed by atoms with van der Waals surface area (Å²) in [5.74, 6) is -2.36. The number of carbonyl (C=O) groups is 2. The summed E-state index contributed by atoms with van der Waals surface area (Å²) in [6.45, 7) is 2.04. The number of aryl methyl sites for hydroxylation is 1. The lowest BCUT2D eigenvalue weighted by atomic mass is 9.75. The lowest BCUT2D eigenvalue weighted by molar-refractivity contribution is -0.123. The van der Waals surface area contributed by atoms with Gasteiger partial charge in [-0.05, 0) is 41.7 Å². The van der Waals surface area contributed by atoms with E-state index in [1.54, 1.807) is 48.5 Å². The van der Waals surface area contributed by atoms with Crippen LogP contribution in [-0.2, 0) is 17.6 Å². The lowest BCUT2D eigenvalue weighted by Gasteiger charge is -2.23. The predicted molar refractivity (Wildman–Crippen MR) is 131 cm³/mol. The lowest BCUT2D eigenvalue weighted by Crippen LogP contribution is -2.49. The van der Waals surface area contributed by atoms with Gasteiger partial charge in [0, 0.05) is 17.0 Å². The summed E-state index contributed by atoms with van der Waals surface area (Å²) in [4.78, 5) is 26.2. The van der Waals surface area contributed by atoms with Crippen molar-refractivity contribution in [3.05, 3.63) is 106 Å². The summed E-state index contributed by atoms with van der Waals surface area (Å²) in [6.07, 6.45) is 1.04. The first kappa shape index (κ1) is 24.7. The van der Waals surface area contributed by atoms with E-state index in [2.05, 4.69) is 5.32 Å². The highest BCUT2D eigenvalue weighted by Gasteiger charge is 2.31. The molecule has 7 heteroatoms. The van der Waals surface area contributed by atoms with Crippen LogP contribution >= 0.6 is 11.6 Å². The quantitative estimate of drug-likeness (QED) is 0.313. The summed E-state index contributed by atoms with van der Waals surface area (Å²) < 4.78 is 0. The van der Waals surface area contributed by atoms with Crippen LogP contribution in [0.25, 0.3) is 0 Å². The second-order valence-electron chi connectivity index (χ2n) is 8.00. The molecule has 5 nitrogen and oxygen atoms in total. The normalized spacial score (nSPS) is 12.6. The predicted octanol–water partition coefficient (Wildman–Crippen LogP) is 4.00.